The van der Waals surface area contributed by atoms with Gasteiger partial charge in [0.05, 0.1) is 10.5 Å². The molecular formula is C17H17NO5S. The molecule has 126 valence electrons. The lowest BCUT2D eigenvalue weighted by Gasteiger charge is -2.16. The van der Waals surface area contributed by atoms with E-state index in [4.69, 9.17) is 10.5 Å². The zero-order chi connectivity index (χ0) is 17.9. The first kappa shape index (κ1) is 17.7. The number of aryl methyl sites for hydroxylation is 1. The van der Waals surface area contributed by atoms with Crippen LogP contribution in [0, 0.1) is 6.92 Å². The third-order valence-corrected chi connectivity index (χ3v) is 4.55. The van der Waals surface area contributed by atoms with Gasteiger partial charge in [-0.25, -0.2) is 13.2 Å². The van der Waals surface area contributed by atoms with E-state index in [1.807, 2.05) is 0 Å². The van der Waals surface area contributed by atoms with E-state index < -0.39 is 27.8 Å². The number of hydrogen-bond donors (Lipinski definition) is 1. The van der Waals surface area contributed by atoms with E-state index in [-0.39, 0.29) is 10.5 Å². The Hall–Kier alpha value is -2.67. The molecule has 2 aromatic rings. The fourth-order valence-corrected chi connectivity index (χ4v) is 2.79. The van der Waals surface area contributed by atoms with Gasteiger partial charge in [-0.1, -0.05) is 36.4 Å². The summed E-state index contributed by atoms with van der Waals surface area (Å²) in [6, 6.07) is 12.5. The lowest BCUT2D eigenvalue weighted by Crippen LogP contribution is -2.26. The first-order chi connectivity index (χ1) is 11.2. The van der Waals surface area contributed by atoms with Gasteiger partial charge in [-0.2, -0.15) is 0 Å². The Morgan fingerprint density at radius 2 is 1.71 bits per heavy atom. The van der Waals surface area contributed by atoms with Crippen LogP contribution in [0.5, 0.6) is 0 Å². The SMILES string of the molecule is Cc1ccc(S(C)(=O)=O)cc1C(=O)OC(C(N)=O)c1ccccc1. The van der Waals surface area contributed by atoms with Crippen LogP contribution in [0.15, 0.2) is 53.4 Å². The number of amides is 1. The summed E-state index contributed by atoms with van der Waals surface area (Å²) in [5.41, 5.74) is 6.36. The predicted molar refractivity (Wildman–Crippen MR) is 88.1 cm³/mol. The first-order valence-electron chi connectivity index (χ1n) is 7.06. The molecule has 2 rings (SSSR count). The number of hydrogen-bond acceptors (Lipinski definition) is 5. The Labute approximate surface area is 140 Å². The number of nitrogens with two attached hydrogens (primary N) is 1. The topological polar surface area (TPSA) is 104 Å². The van der Waals surface area contributed by atoms with Crippen LogP contribution in [0.1, 0.15) is 27.6 Å². The molecule has 0 aliphatic heterocycles. The minimum absolute atomic E-state index is 0.00427. The minimum Gasteiger partial charge on any atom is -0.444 e. The molecule has 24 heavy (non-hydrogen) atoms. The number of sulfone groups is 1. The fourth-order valence-electron chi connectivity index (χ4n) is 2.14. The lowest BCUT2D eigenvalue weighted by atomic mass is 10.1. The average Bonchev–Trinajstić information content (AvgIpc) is 2.52. The van der Waals surface area contributed by atoms with Crippen molar-refractivity contribution in [2.75, 3.05) is 6.26 Å². The van der Waals surface area contributed by atoms with Crippen molar-refractivity contribution in [3.63, 3.8) is 0 Å². The molecule has 0 aliphatic carbocycles. The van der Waals surface area contributed by atoms with Gasteiger partial charge in [0.25, 0.3) is 5.91 Å². The van der Waals surface area contributed by atoms with Crippen molar-refractivity contribution in [3.05, 3.63) is 65.2 Å². The predicted octanol–water partition coefficient (Wildman–Crippen LogP) is 1.78. The van der Waals surface area contributed by atoms with E-state index in [2.05, 4.69) is 0 Å². The van der Waals surface area contributed by atoms with Crippen LogP contribution in [-0.2, 0) is 19.4 Å². The van der Waals surface area contributed by atoms with Crippen LogP contribution in [0.2, 0.25) is 0 Å². The van der Waals surface area contributed by atoms with Crippen molar-refractivity contribution < 1.29 is 22.7 Å². The molecule has 0 spiro atoms. The van der Waals surface area contributed by atoms with Gasteiger partial charge in [0, 0.05) is 11.8 Å². The van der Waals surface area contributed by atoms with E-state index in [0.29, 0.717) is 11.1 Å². The lowest BCUT2D eigenvalue weighted by molar-refractivity contribution is -0.127. The summed E-state index contributed by atoms with van der Waals surface area (Å²) in [6.07, 6.45) is -0.205. The Morgan fingerprint density at radius 3 is 2.25 bits per heavy atom. The highest BCUT2D eigenvalue weighted by molar-refractivity contribution is 7.90. The molecule has 0 aliphatic rings. The molecule has 2 N–H and O–H groups in total. The molecule has 1 amide bonds. The first-order valence-corrected chi connectivity index (χ1v) is 8.95. The van der Waals surface area contributed by atoms with E-state index in [1.54, 1.807) is 37.3 Å². The number of carbonyl (C=O) groups excluding carboxylic acids is 2. The number of primary amides is 1. The van der Waals surface area contributed by atoms with Crippen LogP contribution >= 0.6 is 0 Å². The molecule has 7 heteroatoms. The molecule has 2 aromatic carbocycles. The van der Waals surface area contributed by atoms with Crippen molar-refractivity contribution in [1.29, 1.82) is 0 Å². The highest BCUT2D eigenvalue weighted by Crippen LogP contribution is 2.22. The summed E-state index contributed by atoms with van der Waals surface area (Å²) >= 11 is 0. The van der Waals surface area contributed by atoms with Crippen LogP contribution in [0.4, 0.5) is 0 Å². The van der Waals surface area contributed by atoms with Crippen molar-refractivity contribution in [1.82, 2.24) is 0 Å². The van der Waals surface area contributed by atoms with Gasteiger partial charge in [-0.05, 0) is 24.6 Å². The number of carbonyl (C=O) groups is 2. The van der Waals surface area contributed by atoms with Crippen LogP contribution in [0.25, 0.3) is 0 Å². The molecule has 0 heterocycles. The normalized spacial score (nSPS) is 12.4. The average molecular weight is 347 g/mol. The summed E-state index contributed by atoms with van der Waals surface area (Å²) in [4.78, 5) is 24.0. The zero-order valence-corrected chi connectivity index (χ0v) is 14.0. The maximum atomic E-state index is 12.4. The molecule has 1 unspecified atom stereocenters. The third-order valence-electron chi connectivity index (χ3n) is 3.44. The molecule has 0 aromatic heterocycles. The minimum atomic E-state index is -3.47. The van der Waals surface area contributed by atoms with Crippen molar-refractivity contribution in [2.24, 2.45) is 5.73 Å². The molecular weight excluding hydrogens is 330 g/mol. The van der Waals surface area contributed by atoms with Gasteiger partial charge >= 0.3 is 5.97 Å². The number of rotatable bonds is 5. The van der Waals surface area contributed by atoms with Gasteiger partial charge in [0.1, 0.15) is 0 Å². The van der Waals surface area contributed by atoms with E-state index in [1.165, 1.54) is 18.2 Å². The highest BCUT2D eigenvalue weighted by Gasteiger charge is 2.24. The second kappa shape index (κ2) is 6.84. The summed E-state index contributed by atoms with van der Waals surface area (Å²) in [7, 11) is -3.47. The number of benzene rings is 2. The monoisotopic (exact) mass is 347 g/mol. The molecule has 0 saturated carbocycles. The van der Waals surface area contributed by atoms with Gasteiger partial charge in [0.2, 0.25) is 6.10 Å². The Morgan fingerprint density at radius 1 is 1.08 bits per heavy atom. The number of esters is 1. The fraction of sp³-hybridized carbons (Fsp3) is 0.176. The standard InChI is InChI=1S/C17H17NO5S/c1-11-8-9-13(24(2,21)22)10-14(11)17(20)23-15(16(18)19)12-6-4-3-5-7-12/h3-10,15H,1-2H3,(H2,18,19). The van der Waals surface area contributed by atoms with Crippen molar-refractivity contribution in [3.8, 4) is 0 Å². The highest BCUT2D eigenvalue weighted by atomic mass is 32.2. The van der Waals surface area contributed by atoms with Gasteiger partial charge in [0.15, 0.2) is 9.84 Å². The molecule has 6 nitrogen and oxygen atoms in total. The molecule has 1 atom stereocenters. The largest absolute Gasteiger partial charge is 0.444 e. The van der Waals surface area contributed by atoms with Gasteiger partial charge in [-0.15, -0.1) is 0 Å². The summed E-state index contributed by atoms with van der Waals surface area (Å²) in [5.74, 6) is -1.63. The Kier molecular flexibility index (Phi) is 5.04. The van der Waals surface area contributed by atoms with Gasteiger partial charge in [-0.3, -0.25) is 4.79 Å². The quantitative estimate of drug-likeness (QED) is 0.830. The second-order valence-electron chi connectivity index (χ2n) is 5.35. The Bertz CT molecular complexity index is 875. The van der Waals surface area contributed by atoms with Gasteiger partial charge < -0.3 is 10.5 Å². The summed E-state index contributed by atoms with van der Waals surface area (Å²) in [5, 5.41) is 0. The van der Waals surface area contributed by atoms with Crippen molar-refractivity contribution >= 4 is 21.7 Å². The van der Waals surface area contributed by atoms with Crippen LogP contribution in [-0.4, -0.2) is 26.6 Å². The summed E-state index contributed by atoms with van der Waals surface area (Å²) < 4.78 is 28.5. The van der Waals surface area contributed by atoms with E-state index in [0.717, 1.165) is 6.26 Å². The zero-order valence-electron chi connectivity index (χ0n) is 13.2. The second-order valence-corrected chi connectivity index (χ2v) is 7.36. The summed E-state index contributed by atoms with van der Waals surface area (Å²) in [6.45, 7) is 1.64. The molecule has 0 fully saturated rings. The maximum Gasteiger partial charge on any atom is 0.339 e. The maximum absolute atomic E-state index is 12.4. The Balaban J connectivity index is 2.36. The number of ether oxygens (including phenoxy) is 1. The van der Waals surface area contributed by atoms with Crippen LogP contribution in [0.3, 0.4) is 0 Å². The smallest absolute Gasteiger partial charge is 0.339 e. The molecule has 0 radical (unpaired) electrons. The van der Waals surface area contributed by atoms with E-state index >= 15 is 0 Å². The molecule has 0 bridgehead atoms. The van der Waals surface area contributed by atoms with Crippen molar-refractivity contribution in [2.45, 2.75) is 17.9 Å². The third kappa shape index (κ3) is 3.99. The van der Waals surface area contributed by atoms with Crippen LogP contribution < -0.4 is 5.73 Å². The van der Waals surface area contributed by atoms with E-state index in [9.17, 15) is 18.0 Å². The molecule has 0 saturated heterocycles.